The number of carbonyl (C=O) groups excluding carboxylic acids is 3. The first-order valence-corrected chi connectivity index (χ1v) is 8.95. The Morgan fingerprint density at radius 1 is 1.27 bits per heavy atom. The van der Waals surface area contributed by atoms with Gasteiger partial charge in [0.2, 0.25) is 5.91 Å². The van der Waals surface area contributed by atoms with Crippen LogP contribution in [0.4, 0.5) is 4.79 Å². The fraction of sp³-hybridized carbons (Fsp3) is 0.421. The highest BCUT2D eigenvalue weighted by molar-refractivity contribution is 6.30. The van der Waals surface area contributed by atoms with Crippen molar-refractivity contribution in [2.75, 3.05) is 19.6 Å². The SMILES string of the molecule is C=C(C)CN(CC)C(=O)CN1C(=O)NC(CC)(c2ccc(Cl)cc2)C1=O. The summed E-state index contributed by atoms with van der Waals surface area (Å²) in [6.07, 6.45) is 0.368. The monoisotopic (exact) mass is 377 g/mol. The molecule has 7 heteroatoms. The first kappa shape index (κ1) is 20.0. The largest absolute Gasteiger partial charge is 0.337 e. The molecule has 1 fully saturated rings. The van der Waals surface area contributed by atoms with Gasteiger partial charge in [-0.25, -0.2) is 4.79 Å². The Bertz CT molecular complexity index is 732. The van der Waals surface area contributed by atoms with Gasteiger partial charge in [0.1, 0.15) is 12.1 Å². The van der Waals surface area contributed by atoms with Gasteiger partial charge >= 0.3 is 6.03 Å². The summed E-state index contributed by atoms with van der Waals surface area (Å²) in [7, 11) is 0. The van der Waals surface area contributed by atoms with Crippen molar-refractivity contribution in [2.45, 2.75) is 32.7 Å². The average Bonchev–Trinajstić information content (AvgIpc) is 2.85. The fourth-order valence-electron chi connectivity index (χ4n) is 3.08. The lowest BCUT2D eigenvalue weighted by molar-refractivity contribution is -0.139. The number of halogens is 1. The molecular weight excluding hydrogens is 354 g/mol. The van der Waals surface area contributed by atoms with Gasteiger partial charge < -0.3 is 10.2 Å². The van der Waals surface area contributed by atoms with Crippen LogP contribution in [-0.4, -0.2) is 47.3 Å². The number of rotatable bonds is 7. The topological polar surface area (TPSA) is 69.7 Å². The molecule has 1 N–H and O–H groups in total. The zero-order valence-electron chi connectivity index (χ0n) is 15.3. The summed E-state index contributed by atoms with van der Waals surface area (Å²) in [6.45, 7) is 9.88. The molecule has 0 spiro atoms. The second-order valence-corrected chi connectivity index (χ2v) is 6.89. The summed E-state index contributed by atoms with van der Waals surface area (Å²) in [4.78, 5) is 40.6. The lowest BCUT2D eigenvalue weighted by Gasteiger charge is -2.26. The van der Waals surface area contributed by atoms with Crippen LogP contribution in [0.2, 0.25) is 5.02 Å². The van der Waals surface area contributed by atoms with Gasteiger partial charge in [-0.2, -0.15) is 0 Å². The second-order valence-electron chi connectivity index (χ2n) is 6.45. The second kappa shape index (κ2) is 7.91. The molecule has 1 aliphatic heterocycles. The van der Waals surface area contributed by atoms with Crippen LogP contribution in [0.5, 0.6) is 0 Å². The first-order chi connectivity index (χ1) is 12.2. The van der Waals surface area contributed by atoms with E-state index in [1.54, 1.807) is 29.2 Å². The molecule has 140 valence electrons. The number of likely N-dealkylation sites (N-methyl/N-ethyl adjacent to an activating group) is 1. The molecule has 1 aromatic rings. The molecule has 6 nitrogen and oxygen atoms in total. The molecule has 1 heterocycles. The van der Waals surface area contributed by atoms with E-state index in [0.717, 1.165) is 10.5 Å². The molecule has 1 saturated heterocycles. The molecule has 26 heavy (non-hydrogen) atoms. The summed E-state index contributed by atoms with van der Waals surface area (Å²) < 4.78 is 0. The van der Waals surface area contributed by atoms with Crippen molar-refractivity contribution in [3.63, 3.8) is 0 Å². The zero-order valence-corrected chi connectivity index (χ0v) is 16.1. The Morgan fingerprint density at radius 3 is 2.38 bits per heavy atom. The molecule has 0 aliphatic carbocycles. The molecule has 1 aliphatic rings. The molecule has 1 unspecified atom stereocenters. The molecule has 0 saturated carbocycles. The first-order valence-electron chi connectivity index (χ1n) is 8.57. The van der Waals surface area contributed by atoms with E-state index in [0.29, 0.717) is 30.1 Å². The van der Waals surface area contributed by atoms with E-state index in [9.17, 15) is 14.4 Å². The Hall–Kier alpha value is -2.34. The maximum atomic E-state index is 13.0. The van der Waals surface area contributed by atoms with Crippen LogP contribution in [0.25, 0.3) is 0 Å². The van der Waals surface area contributed by atoms with Gasteiger partial charge in [0.15, 0.2) is 0 Å². The van der Waals surface area contributed by atoms with Crippen molar-refractivity contribution >= 4 is 29.4 Å². The Kier molecular flexibility index (Phi) is 6.08. The van der Waals surface area contributed by atoms with Gasteiger partial charge in [0, 0.05) is 18.1 Å². The number of nitrogens with zero attached hydrogens (tertiary/aromatic N) is 2. The molecule has 2 rings (SSSR count). The minimum absolute atomic E-state index is 0.290. The molecular formula is C19H24ClN3O3. The highest BCUT2D eigenvalue weighted by atomic mass is 35.5. The van der Waals surface area contributed by atoms with Gasteiger partial charge in [-0.05, 0) is 38.0 Å². The maximum absolute atomic E-state index is 13.0. The zero-order chi connectivity index (χ0) is 19.5. The predicted octanol–water partition coefficient (Wildman–Crippen LogP) is 2.92. The van der Waals surface area contributed by atoms with Crippen LogP contribution in [0.15, 0.2) is 36.4 Å². The van der Waals surface area contributed by atoms with Crippen molar-refractivity contribution in [3.8, 4) is 0 Å². The smallest absolute Gasteiger partial charge is 0.325 e. The number of urea groups is 1. The Balaban J connectivity index is 2.25. The van der Waals surface area contributed by atoms with Crippen LogP contribution < -0.4 is 5.32 Å². The summed E-state index contributed by atoms with van der Waals surface area (Å²) in [5.74, 6) is -0.714. The van der Waals surface area contributed by atoms with Crippen molar-refractivity contribution in [2.24, 2.45) is 0 Å². The molecule has 0 bridgehead atoms. The normalized spacial score (nSPS) is 19.5. The van der Waals surface area contributed by atoms with E-state index in [2.05, 4.69) is 11.9 Å². The number of hydrogen-bond donors (Lipinski definition) is 1. The van der Waals surface area contributed by atoms with Crippen molar-refractivity contribution in [1.82, 2.24) is 15.1 Å². The van der Waals surface area contributed by atoms with Gasteiger partial charge in [-0.15, -0.1) is 0 Å². The van der Waals surface area contributed by atoms with Crippen LogP contribution in [-0.2, 0) is 15.1 Å². The predicted molar refractivity (Wildman–Crippen MR) is 101 cm³/mol. The van der Waals surface area contributed by atoms with Gasteiger partial charge in [0.05, 0.1) is 0 Å². The van der Waals surface area contributed by atoms with Crippen LogP contribution >= 0.6 is 11.6 Å². The number of nitrogens with one attached hydrogen (secondary N) is 1. The minimum Gasteiger partial charge on any atom is -0.337 e. The minimum atomic E-state index is -1.17. The molecule has 1 atom stereocenters. The third-order valence-corrected chi connectivity index (χ3v) is 4.78. The Labute approximate surface area is 158 Å². The van der Waals surface area contributed by atoms with Crippen LogP contribution in [0, 0.1) is 0 Å². The third kappa shape index (κ3) is 3.75. The van der Waals surface area contributed by atoms with Gasteiger partial charge in [-0.3, -0.25) is 14.5 Å². The van der Waals surface area contributed by atoms with Crippen molar-refractivity contribution in [3.05, 3.63) is 47.0 Å². The lowest BCUT2D eigenvalue weighted by Crippen LogP contribution is -2.45. The number of amides is 4. The number of hydrogen-bond acceptors (Lipinski definition) is 3. The van der Waals surface area contributed by atoms with Crippen molar-refractivity contribution < 1.29 is 14.4 Å². The van der Waals surface area contributed by atoms with E-state index < -0.39 is 17.5 Å². The highest BCUT2D eigenvalue weighted by Crippen LogP contribution is 2.33. The van der Waals surface area contributed by atoms with E-state index >= 15 is 0 Å². The molecule has 1 aromatic carbocycles. The molecule has 0 radical (unpaired) electrons. The number of benzene rings is 1. The van der Waals surface area contributed by atoms with Crippen LogP contribution in [0.3, 0.4) is 0 Å². The number of carbonyl (C=O) groups is 3. The van der Waals surface area contributed by atoms with Crippen LogP contribution in [0.1, 0.15) is 32.8 Å². The number of imide groups is 1. The summed E-state index contributed by atoms with van der Waals surface area (Å²) >= 11 is 5.92. The lowest BCUT2D eigenvalue weighted by atomic mass is 9.87. The van der Waals surface area contributed by atoms with Gasteiger partial charge in [0.25, 0.3) is 5.91 Å². The Morgan fingerprint density at radius 2 is 1.88 bits per heavy atom. The third-order valence-electron chi connectivity index (χ3n) is 4.53. The summed E-state index contributed by atoms with van der Waals surface area (Å²) in [5.41, 5.74) is 0.307. The van der Waals surface area contributed by atoms with E-state index in [-0.39, 0.29) is 12.5 Å². The van der Waals surface area contributed by atoms with Crippen molar-refractivity contribution in [1.29, 1.82) is 0 Å². The standard InChI is InChI=1S/C19H24ClN3O3/c1-5-19(14-7-9-15(20)10-8-14)17(25)23(18(26)21-19)12-16(24)22(6-2)11-13(3)4/h7-10H,3,5-6,11-12H2,1-2,4H3,(H,21,26). The van der Waals surface area contributed by atoms with E-state index in [4.69, 9.17) is 11.6 Å². The van der Waals surface area contributed by atoms with E-state index in [1.165, 1.54) is 0 Å². The fourth-order valence-corrected chi connectivity index (χ4v) is 3.21. The summed E-state index contributed by atoms with van der Waals surface area (Å²) in [5, 5.41) is 3.31. The quantitative estimate of drug-likeness (QED) is 0.586. The molecule has 4 amide bonds. The molecule has 0 aromatic heterocycles. The average molecular weight is 378 g/mol. The summed E-state index contributed by atoms with van der Waals surface area (Å²) in [6, 6.07) is 6.22. The van der Waals surface area contributed by atoms with E-state index in [1.807, 2.05) is 20.8 Å². The highest BCUT2D eigenvalue weighted by Gasteiger charge is 2.51. The van der Waals surface area contributed by atoms with Gasteiger partial charge in [-0.1, -0.05) is 42.8 Å². The maximum Gasteiger partial charge on any atom is 0.325 e.